The number of hydrogen-bond acceptors (Lipinski definition) is 2. The smallest absolute Gasteiger partial charge is 0.0612 e. The SMILES string of the molecule is CCC(C)CCC(C/C=C/CO)OC. The summed E-state index contributed by atoms with van der Waals surface area (Å²) in [5.74, 6) is 0.787. The summed E-state index contributed by atoms with van der Waals surface area (Å²) in [6, 6.07) is 0. The lowest BCUT2D eigenvalue weighted by Gasteiger charge is -2.15. The molecule has 0 amide bonds. The highest BCUT2D eigenvalue weighted by molar-refractivity contribution is 4.83. The van der Waals surface area contributed by atoms with E-state index in [0.717, 1.165) is 18.8 Å². The summed E-state index contributed by atoms with van der Waals surface area (Å²) in [6.45, 7) is 4.62. The molecule has 14 heavy (non-hydrogen) atoms. The van der Waals surface area contributed by atoms with Crippen LogP contribution in [0, 0.1) is 5.92 Å². The van der Waals surface area contributed by atoms with Crippen molar-refractivity contribution in [2.24, 2.45) is 5.92 Å². The van der Waals surface area contributed by atoms with Crippen LogP contribution in [0.25, 0.3) is 0 Å². The fraction of sp³-hybridized carbons (Fsp3) is 0.833. The van der Waals surface area contributed by atoms with Crippen molar-refractivity contribution >= 4 is 0 Å². The van der Waals surface area contributed by atoms with Crippen LogP contribution in [-0.4, -0.2) is 24.9 Å². The highest BCUT2D eigenvalue weighted by Gasteiger charge is 2.07. The lowest BCUT2D eigenvalue weighted by molar-refractivity contribution is 0.0918. The van der Waals surface area contributed by atoms with Gasteiger partial charge in [0.25, 0.3) is 0 Å². The molecule has 0 aromatic rings. The Hall–Kier alpha value is -0.340. The van der Waals surface area contributed by atoms with Gasteiger partial charge in [0.1, 0.15) is 0 Å². The molecule has 0 spiro atoms. The fourth-order valence-electron chi connectivity index (χ4n) is 1.33. The third-order valence-electron chi connectivity index (χ3n) is 2.68. The van der Waals surface area contributed by atoms with Gasteiger partial charge in [-0.15, -0.1) is 0 Å². The van der Waals surface area contributed by atoms with Gasteiger partial charge >= 0.3 is 0 Å². The molecule has 2 atom stereocenters. The zero-order valence-electron chi connectivity index (χ0n) is 9.70. The summed E-state index contributed by atoms with van der Waals surface area (Å²) >= 11 is 0. The first-order chi connectivity index (χ1) is 6.74. The molecule has 84 valence electrons. The Labute approximate surface area is 88.0 Å². The average Bonchev–Trinajstić information content (AvgIpc) is 2.22. The first-order valence-corrected chi connectivity index (χ1v) is 5.53. The molecule has 2 unspecified atom stereocenters. The van der Waals surface area contributed by atoms with Gasteiger partial charge in [-0.25, -0.2) is 0 Å². The minimum Gasteiger partial charge on any atom is -0.392 e. The van der Waals surface area contributed by atoms with Crippen LogP contribution in [0.5, 0.6) is 0 Å². The van der Waals surface area contributed by atoms with Gasteiger partial charge in [0.05, 0.1) is 12.7 Å². The largest absolute Gasteiger partial charge is 0.392 e. The third kappa shape index (κ3) is 7.10. The van der Waals surface area contributed by atoms with Crippen molar-refractivity contribution < 1.29 is 9.84 Å². The Bertz CT molecular complexity index is 143. The van der Waals surface area contributed by atoms with Crippen molar-refractivity contribution in [2.45, 2.75) is 45.6 Å². The van der Waals surface area contributed by atoms with Gasteiger partial charge in [0, 0.05) is 7.11 Å². The molecule has 0 fully saturated rings. The summed E-state index contributed by atoms with van der Waals surface area (Å²) < 4.78 is 5.36. The van der Waals surface area contributed by atoms with Gasteiger partial charge in [-0.2, -0.15) is 0 Å². The molecule has 0 saturated heterocycles. The molecule has 0 bridgehead atoms. The second kappa shape index (κ2) is 9.22. The maximum absolute atomic E-state index is 8.58. The van der Waals surface area contributed by atoms with Gasteiger partial charge < -0.3 is 9.84 Å². The van der Waals surface area contributed by atoms with Crippen LogP contribution in [0.15, 0.2) is 12.2 Å². The minimum absolute atomic E-state index is 0.127. The van der Waals surface area contributed by atoms with Crippen LogP contribution < -0.4 is 0 Å². The van der Waals surface area contributed by atoms with E-state index in [1.165, 1.54) is 12.8 Å². The maximum atomic E-state index is 8.58. The molecule has 0 heterocycles. The maximum Gasteiger partial charge on any atom is 0.0612 e. The Morgan fingerprint density at radius 2 is 2.00 bits per heavy atom. The van der Waals surface area contributed by atoms with E-state index in [4.69, 9.17) is 9.84 Å². The molecule has 0 radical (unpaired) electrons. The standard InChI is InChI=1S/C12H24O2/c1-4-11(2)8-9-12(14-3)7-5-6-10-13/h5-6,11-13H,4,7-10H2,1-3H3/b6-5+. The van der Waals surface area contributed by atoms with Crippen molar-refractivity contribution in [3.05, 3.63) is 12.2 Å². The fourth-order valence-corrected chi connectivity index (χ4v) is 1.33. The van der Waals surface area contributed by atoms with Gasteiger partial charge in [0.15, 0.2) is 0 Å². The molecule has 0 saturated carbocycles. The molecule has 0 aliphatic rings. The van der Waals surface area contributed by atoms with Crippen molar-refractivity contribution in [3.63, 3.8) is 0 Å². The zero-order valence-corrected chi connectivity index (χ0v) is 9.70. The Morgan fingerprint density at radius 3 is 2.50 bits per heavy atom. The Kier molecular flexibility index (Phi) is 9.00. The Morgan fingerprint density at radius 1 is 1.29 bits per heavy atom. The van der Waals surface area contributed by atoms with Crippen molar-refractivity contribution in [1.29, 1.82) is 0 Å². The number of hydrogen-bond donors (Lipinski definition) is 1. The average molecular weight is 200 g/mol. The molecule has 0 aliphatic carbocycles. The lowest BCUT2D eigenvalue weighted by Crippen LogP contribution is -2.11. The van der Waals surface area contributed by atoms with Gasteiger partial charge in [-0.3, -0.25) is 0 Å². The summed E-state index contributed by atoms with van der Waals surface area (Å²) in [4.78, 5) is 0. The van der Waals surface area contributed by atoms with Crippen LogP contribution in [0.4, 0.5) is 0 Å². The van der Waals surface area contributed by atoms with Crippen molar-refractivity contribution in [2.75, 3.05) is 13.7 Å². The molecule has 0 rings (SSSR count). The topological polar surface area (TPSA) is 29.5 Å². The van der Waals surface area contributed by atoms with Gasteiger partial charge in [-0.05, 0) is 25.2 Å². The first kappa shape index (κ1) is 13.7. The quantitative estimate of drug-likeness (QED) is 0.610. The van der Waals surface area contributed by atoms with Gasteiger partial charge in [-0.1, -0.05) is 32.4 Å². The molecule has 0 aliphatic heterocycles. The minimum atomic E-state index is 0.127. The highest BCUT2D eigenvalue weighted by Crippen LogP contribution is 2.14. The number of aliphatic hydroxyl groups excluding tert-OH is 1. The van der Waals surface area contributed by atoms with Crippen LogP contribution in [0.3, 0.4) is 0 Å². The molecular formula is C12H24O2. The van der Waals surface area contributed by atoms with Crippen LogP contribution in [0.1, 0.15) is 39.5 Å². The van der Waals surface area contributed by atoms with E-state index in [0.29, 0.717) is 6.10 Å². The molecule has 2 nitrogen and oxygen atoms in total. The summed E-state index contributed by atoms with van der Waals surface area (Å²) in [7, 11) is 1.76. The number of ether oxygens (including phenoxy) is 1. The van der Waals surface area contributed by atoms with Gasteiger partial charge in [0.2, 0.25) is 0 Å². The number of rotatable bonds is 8. The predicted octanol–water partition coefficient (Wildman–Crippen LogP) is 2.77. The summed E-state index contributed by atoms with van der Waals surface area (Å²) in [6.07, 6.45) is 8.56. The monoisotopic (exact) mass is 200 g/mol. The first-order valence-electron chi connectivity index (χ1n) is 5.53. The van der Waals surface area contributed by atoms with E-state index >= 15 is 0 Å². The normalized spacial score (nSPS) is 16.0. The highest BCUT2D eigenvalue weighted by atomic mass is 16.5. The predicted molar refractivity (Wildman–Crippen MR) is 60.3 cm³/mol. The van der Waals surface area contributed by atoms with Crippen LogP contribution in [0.2, 0.25) is 0 Å². The zero-order chi connectivity index (χ0) is 10.8. The van der Waals surface area contributed by atoms with Crippen LogP contribution in [-0.2, 0) is 4.74 Å². The van der Waals surface area contributed by atoms with E-state index in [1.807, 2.05) is 6.08 Å². The van der Waals surface area contributed by atoms with E-state index in [-0.39, 0.29) is 6.61 Å². The Balaban J connectivity index is 3.62. The molecule has 0 aromatic heterocycles. The van der Waals surface area contributed by atoms with E-state index in [1.54, 1.807) is 13.2 Å². The lowest BCUT2D eigenvalue weighted by atomic mass is 9.99. The third-order valence-corrected chi connectivity index (χ3v) is 2.68. The molecule has 1 N–H and O–H groups in total. The van der Waals surface area contributed by atoms with Crippen molar-refractivity contribution in [1.82, 2.24) is 0 Å². The van der Waals surface area contributed by atoms with Crippen LogP contribution >= 0.6 is 0 Å². The molecule has 0 aromatic carbocycles. The van der Waals surface area contributed by atoms with Crippen molar-refractivity contribution in [3.8, 4) is 0 Å². The number of methoxy groups -OCH3 is 1. The summed E-state index contributed by atoms with van der Waals surface area (Å²) in [5.41, 5.74) is 0. The molecular weight excluding hydrogens is 176 g/mol. The van der Waals surface area contributed by atoms with E-state index < -0.39 is 0 Å². The van der Waals surface area contributed by atoms with E-state index in [9.17, 15) is 0 Å². The second-order valence-electron chi connectivity index (χ2n) is 3.84. The van der Waals surface area contributed by atoms with E-state index in [2.05, 4.69) is 13.8 Å². The molecule has 2 heteroatoms. The summed E-state index contributed by atoms with van der Waals surface area (Å²) in [5, 5.41) is 8.58. The second-order valence-corrected chi connectivity index (χ2v) is 3.84. The number of aliphatic hydroxyl groups is 1.